The van der Waals surface area contributed by atoms with Gasteiger partial charge in [0.15, 0.2) is 11.0 Å². The van der Waals surface area contributed by atoms with Gasteiger partial charge in [0.05, 0.1) is 10.2 Å². The second-order valence-electron chi connectivity index (χ2n) is 8.71. The number of carbonyl (C=O) groups excluding carboxylic acids is 1. The van der Waals surface area contributed by atoms with E-state index in [4.69, 9.17) is 4.98 Å². The number of anilines is 3. The van der Waals surface area contributed by atoms with E-state index in [2.05, 4.69) is 40.4 Å². The van der Waals surface area contributed by atoms with Gasteiger partial charge in [0.2, 0.25) is 0 Å². The monoisotopic (exact) mass is 460 g/mol. The minimum absolute atomic E-state index is 0.0785. The lowest BCUT2D eigenvalue weighted by Crippen LogP contribution is -2.32. The van der Waals surface area contributed by atoms with Crippen molar-refractivity contribution in [2.75, 3.05) is 28.2 Å². The van der Waals surface area contributed by atoms with Crippen LogP contribution in [0.25, 0.3) is 21.7 Å². The van der Waals surface area contributed by atoms with E-state index in [0.29, 0.717) is 36.5 Å². The van der Waals surface area contributed by atoms with Crippen LogP contribution in [0.4, 0.5) is 21.4 Å². The highest BCUT2D eigenvalue weighted by Crippen LogP contribution is 2.34. The lowest BCUT2D eigenvalue weighted by molar-refractivity contribution is 0.255. The molecule has 10 heteroatoms. The normalized spacial score (nSPS) is 16.4. The van der Waals surface area contributed by atoms with Gasteiger partial charge in [-0.1, -0.05) is 17.4 Å². The van der Waals surface area contributed by atoms with E-state index >= 15 is 0 Å². The Morgan fingerprint density at radius 2 is 1.94 bits per heavy atom. The lowest BCUT2D eigenvalue weighted by atomic mass is 10.3. The zero-order valence-electron chi connectivity index (χ0n) is 18.5. The highest BCUT2D eigenvalue weighted by Gasteiger charge is 2.32. The Bertz CT molecular complexity index is 1340. The van der Waals surface area contributed by atoms with Crippen LogP contribution >= 0.6 is 11.3 Å². The maximum atomic E-state index is 13.3. The van der Waals surface area contributed by atoms with Crippen LogP contribution in [0.1, 0.15) is 32.7 Å². The molecule has 2 fully saturated rings. The lowest BCUT2D eigenvalue weighted by Gasteiger charge is -2.18. The minimum Gasteiger partial charge on any atom is -0.359 e. The molecule has 1 aliphatic heterocycles. The Hall–Kier alpha value is -3.53. The van der Waals surface area contributed by atoms with Crippen LogP contribution in [-0.4, -0.2) is 49.9 Å². The van der Waals surface area contributed by atoms with E-state index in [-0.39, 0.29) is 12.1 Å². The zero-order chi connectivity index (χ0) is 22.5. The van der Waals surface area contributed by atoms with Crippen molar-refractivity contribution in [1.29, 1.82) is 0 Å². The van der Waals surface area contributed by atoms with E-state index < -0.39 is 0 Å². The number of aromatic nitrogens is 5. The standard InChI is InChI=1S/C23H24N8OS/c1-14(2)31-13-24-28-21(31)18-4-3-5-20(26-18)30-11-10-29(23(30)32)16-8-9-17-19(12-16)33-22(27-17)25-15-6-7-15/h3-5,8-9,12-15H,6-7,10-11H2,1-2H3,(H,25,27). The number of hydrogen-bond acceptors (Lipinski definition) is 7. The highest BCUT2D eigenvalue weighted by molar-refractivity contribution is 7.22. The number of nitrogens with zero attached hydrogens (tertiary/aromatic N) is 7. The predicted octanol–water partition coefficient (Wildman–Crippen LogP) is 4.55. The SMILES string of the molecule is CC(C)n1cnnc1-c1cccc(N2CCN(c3ccc4nc(NC5CC5)sc4c3)C2=O)n1. The molecule has 4 heterocycles. The summed E-state index contributed by atoms with van der Waals surface area (Å²) in [6.07, 6.45) is 4.13. The molecule has 9 nitrogen and oxygen atoms in total. The summed E-state index contributed by atoms with van der Waals surface area (Å²) in [6, 6.07) is 12.4. The molecule has 0 radical (unpaired) electrons. The number of hydrogen-bond donors (Lipinski definition) is 1. The van der Waals surface area contributed by atoms with E-state index in [1.807, 2.05) is 34.9 Å². The summed E-state index contributed by atoms with van der Waals surface area (Å²) in [5.74, 6) is 1.31. The molecule has 1 aliphatic carbocycles. The van der Waals surface area contributed by atoms with Crippen LogP contribution in [0.5, 0.6) is 0 Å². The van der Waals surface area contributed by atoms with Gasteiger partial charge in [-0.15, -0.1) is 10.2 Å². The summed E-state index contributed by atoms with van der Waals surface area (Å²) in [5, 5.41) is 12.7. The van der Waals surface area contributed by atoms with E-state index in [1.165, 1.54) is 12.8 Å². The summed E-state index contributed by atoms with van der Waals surface area (Å²) in [5.41, 5.74) is 2.54. The molecule has 0 unspecified atom stereocenters. The number of carbonyl (C=O) groups is 1. The number of benzene rings is 1. The zero-order valence-corrected chi connectivity index (χ0v) is 19.3. The van der Waals surface area contributed by atoms with Crippen LogP contribution in [0.15, 0.2) is 42.7 Å². The van der Waals surface area contributed by atoms with Gasteiger partial charge in [-0.05, 0) is 57.0 Å². The van der Waals surface area contributed by atoms with Crippen LogP contribution in [0, 0.1) is 0 Å². The fraction of sp³-hybridized carbons (Fsp3) is 0.348. The third kappa shape index (κ3) is 3.70. The summed E-state index contributed by atoms with van der Waals surface area (Å²) in [6.45, 7) is 5.32. The van der Waals surface area contributed by atoms with Gasteiger partial charge < -0.3 is 9.88 Å². The van der Waals surface area contributed by atoms with Crippen LogP contribution < -0.4 is 15.1 Å². The molecule has 3 aromatic heterocycles. The minimum atomic E-state index is -0.0785. The largest absolute Gasteiger partial charge is 0.359 e. The second-order valence-corrected chi connectivity index (χ2v) is 9.74. The summed E-state index contributed by atoms with van der Waals surface area (Å²) in [4.78, 5) is 26.3. The third-order valence-electron chi connectivity index (χ3n) is 5.97. The number of urea groups is 1. The van der Waals surface area contributed by atoms with Gasteiger partial charge in [0, 0.05) is 30.9 Å². The van der Waals surface area contributed by atoms with E-state index in [0.717, 1.165) is 21.0 Å². The third-order valence-corrected chi connectivity index (χ3v) is 6.92. The van der Waals surface area contributed by atoms with Crippen molar-refractivity contribution >= 4 is 44.2 Å². The van der Waals surface area contributed by atoms with Gasteiger partial charge in [-0.2, -0.15) is 0 Å². The van der Waals surface area contributed by atoms with Crippen LogP contribution in [0.2, 0.25) is 0 Å². The molecule has 6 rings (SSSR count). The van der Waals surface area contributed by atoms with Gasteiger partial charge in [0.25, 0.3) is 0 Å². The molecule has 1 aromatic carbocycles. The summed E-state index contributed by atoms with van der Waals surface area (Å²) >= 11 is 1.64. The smallest absolute Gasteiger partial charge is 0.330 e. The molecular formula is C23H24N8OS. The van der Waals surface area contributed by atoms with Gasteiger partial charge in [0.1, 0.15) is 17.8 Å². The molecule has 2 amide bonds. The number of rotatable bonds is 6. The maximum Gasteiger partial charge on any atom is 0.330 e. The number of nitrogens with one attached hydrogen (secondary N) is 1. The molecule has 1 saturated carbocycles. The second kappa shape index (κ2) is 7.80. The predicted molar refractivity (Wildman–Crippen MR) is 130 cm³/mol. The Balaban J connectivity index is 1.25. The first-order chi connectivity index (χ1) is 16.1. The molecule has 0 spiro atoms. The Kier molecular flexibility index (Phi) is 4.75. The first-order valence-electron chi connectivity index (χ1n) is 11.2. The molecule has 1 N–H and O–H groups in total. The molecule has 1 saturated heterocycles. The Labute approximate surface area is 195 Å². The summed E-state index contributed by atoms with van der Waals surface area (Å²) < 4.78 is 3.05. The van der Waals surface area contributed by atoms with Crippen molar-refractivity contribution in [2.45, 2.75) is 38.8 Å². The number of fused-ring (bicyclic) bond motifs is 1. The fourth-order valence-electron chi connectivity index (χ4n) is 4.04. The fourth-order valence-corrected chi connectivity index (χ4v) is 5.01. The Morgan fingerprint density at radius 3 is 2.76 bits per heavy atom. The van der Waals surface area contributed by atoms with Crippen LogP contribution in [0.3, 0.4) is 0 Å². The van der Waals surface area contributed by atoms with E-state index in [9.17, 15) is 4.79 Å². The molecule has 168 valence electrons. The van der Waals surface area contributed by atoms with Crippen molar-refractivity contribution < 1.29 is 4.79 Å². The average molecular weight is 461 g/mol. The van der Waals surface area contributed by atoms with Crippen molar-refractivity contribution in [3.05, 3.63) is 42.7 Å². The number of thiazole rings is 1. The quantitative estimate of drug-likeness (QED) is 0.454. The van der Waals surface area contributed by atoms with Crippen molar-refractivity contribution in [1.82, 2.24) is 24.7 Å². The molecule has 2 aliphatic rings. The molecular weight excluding hydrogens is 436 g/mol. The van der Waals surface area contributed by atoms with Crippen molar-refractivity contribution in [3.63, 3.8) is 0 Å². The number of pyridine rings is 1. The van der Waals surface area contributed by atoms with Crippen LogP contribution in [-0.2, 0) is 0 Å². The highest BCUT2D eigenvalue weighted by atomic mass is 32.1. The molecule has 33 heavy (non-hydrogen) atoms. The molecule has 0 bridgehead atoms. The summed E-state index contributed by atoms with van der Waals surface area (Å²) in [7, 11) is 0. The van der Waals surface area contributed by atoms with Gasteiger partial charge >= 0.3 is 6.03 Å². The van der Waals surface area contributed by atoms with Gasteiger partial charge in [-0.25, -0.2) is 14.8 Å². The van der Waals surface area contributed by atoms with Gasteiger partial charge in [-0.3, -0.25) is 9.80 Å². The van der Waals surface area contributed by atoms with E-state index in [1.54, 1.807) is 27.5 Å². The average Bonchev–Trinajstić information content (AvgIpc) is 3.20. The van der Waals surface area contributed by atoms with Crippen molar-refractivity contribution in [2.24, 2.45) is 0 Å². The first-order valence-corrected chi connectivity index (χ1v) is 12.0. The topological polar surface area (TPSA) is 92.1 Å². The molecule has 0 atom stereocenters. The number of amides is 2. The molecule has 4 aromatic rings. The maximum absolute atomic E-state index is 13.3. The first kappa shape index (κ1) is 20.1. The Morgan fingerprint density at radius 1 is 1.09 bits per heavy atom. The van der Waals surface area contributed by atoms with Crippen molar-refractivity contribution in [3.8, 4) is 11.5 Å².